The lowest BCUT2D eigenvalue weighted by Crippen LogP contribution is -2.52. The molecule has 0 heterocycles. The Morgan fingerprint density at radius 2 is 1.95 bits per heavy atom. The number of hydrogen-bond donors (Lipinski definition) is 1. The predicted molar refractivity (Wildman–Crippen MR) is 82.5 cm³/mol. The minimum Gasteiger partial charge on any atom is -0.469 e. The second kappa shape index (κ2) is 7.25. The molecule has 0 spiro atoms. The first-order valence-electron chi connectivity index (χ1n) is 7.79. The molecule has 3 atom stereocenters. The minimum absolute atomic E-state index is 0.00965. The van der Waals surface area contributed by atoms with Crippen LogP contribution in [0.2, 0.25) is 0 Å². The fourth-order valence-electron chi connectivity index (χ4n) is 3.23. The molecule has 1 amide bonds. The molecule has 1 aliphatic rings. The summed E-state index contributed by atoms with van der Waals surface area (Å²) in [5.41, 5.74) is 6.05. The topological polar surface area (TPSA) is 72.6 Å². The molecule has 1 fully saturated rings. The third kappa shape index (κ3) is 4.19. The molecule has 5 nitrogen and oxygen atoms in total. The smallest absolute Gasteiger partial charge is 0.305 e. The van der Waals surface area contributed by atoms with Crippen molar-refractivity contribution in [1.29, 1.82) is 0 Å². The number of nitrogens with two attached hydrogens (primary N) is 1. The maximum absolute atomic E-state index is 12.7. The van der Waals surface area contributed by atoms with Gasteiger partial charge in [-0.25, -0.2) is 0 Å². The zero-order chi connectivity index (χ0) is 16.2. The molecule has 1 saturated carbocycles. The van der Waals surface area contributed by atoms with Gasteiger partial charge in [0.05, 0.1) is 7.11 Å². The maximum Gasteiger partial charge on any atom is 0.305 e. The van der Waals surface area contributed by atoms with E-state index < -0.39 is 0 Å². The predicted octanol–water partition coefficient (Wildman–Crippen LogP) is 1.80. The molecule has 2 N–H and O–H groups in total. The normalized spacial score (nSPS) is 28.0. The van der Waals surface area contributed by atoms with Crippen LogP contribution in [0, 0.1) is 17.3 Å². The second-order valence-corrected chi connectivity index (χ2v) is 6.84. The highest BCUT2D eigenvalue weighted by molar-refractivity contribution is 5.79. The third-order valence-electron chi connectivity index (χ3n) is 5.28. The van der Waals surface area contributed by atoms with E-state index in [1.54, 1.807) is 4.90 Å². The molecule has 1 aliphatic carbocycles. The third-order valence-corrected chi connectivity index (χ3v) is 5.28. The van der Waals surface area contributed by atoms with Crippen molar-refractivity contribution in [3.05, 3.63) is 0 Å². The van der Waals surface area contributed by atoms with Gasteiger partial charge in [-0.3, -0.25) is 9.59 Å². The van der Waals surface area contributed by atoms with E-state index in [4.69, 9.17) is 5.73 Å². The Balaban J connectivity index is 2.59. The number of esters is 1. The maximum atomic E-state index is 12.7. The zero-order valence-electron chi connectivity index (χ0n) is 14.0. The number of amides is 1. The molecular formula is C16H30N2O3. The van der Waals surface area contributed by atoms with Crippen LogP contribution in [0.1, 0.15) is 46.5 Å². The molecule has 0 saturated heterocycles. The van der Waals surface area contributed by atoms with Crippen molar-refractivity contribution in [1.82, 2.24) is 4.90 Å². The lowest BCUT2D eigenvalue weighted by molar-refractivity contribution is -0.144. The molecular weight excluding hydrogens is 268 g/mol. The summed E-state index contributed by atoms with van der Waals surface area (Å²) < 4.78 is 4.61. The Morgan fingerprint density at radius 1 is 1.33 bits per heavy atom. The van der Waals surface area contributed by atoms with E-state index in [1.165, 1.54) is 7.11 Å². The molecule has 0 radical (unpaired) electrons. The second-order valence-electron chi connectivity index (χ2n) is 6.84. The lowest BCUT2D eigenvalue weighted by atomic mass is 9.61. The molecule has 0 bridgehead atoms. The van der Waals surface area contributed by atoms with Gasteiger partial charge in [0.15, 0.2) is 0 Å². The number of nitrogens with zero attached hydrogens (tertiary/aromatic N) is 1. The fourth-order valence-corrected chi connectivity index (χ4v) is 3.23. The summed E-state index contributed by atoms with van der Waals surface area (Å²) in [6.45, 7) is 7.01. The van der Waals surface area contributed by atoms with Gasteiger partial charge in [0.1, 0.15) is 0 Å². The average molecular weight is 298 g/mol. The van der Waals surface area contributed by atoms with Gasteiger partial charge in [-0.15, -0.1) is 0 Å². The molecule has 5 heteroatoms. The summed E-state index contributed by atoms with van der Waals surface area (Å²) in [6, 6.07) is 0.175. The number of rotatable bonds is 5. The number of carbonyl (C=O) groups is 2. The van der Waals surface area contributed by atoms with Gasteiger partial charge >= 0.3 is 5.97 Å². The van der Waals surface area contributed by atoms with Crippen LogP contribution in [0.5, 0.6) is 0 Å². The Kier molecular flexibility index (Phi) is 6.20. The van der Waals surface area contributed by atoms with Crippen LogP contribution in [-0.2, 0) is 14.3 Å². The molecule has 1 rings (SSSR count). The first kappa shape index (κ1) is 18.0. The van der Waals surface area contributed by atoms with Gasteiger partial charge in [0.25, 0.3) is 0 Å². The van der Waals surface area contributed by atoms with Crippen molar-refractivity contribution in [3.63, 3.8) is 0 Å². The Morgan fingerprint density at radius 3 is 2.52 bits per heavy atom. The van der Waals surface area contributed by atoms with Crippen molar-refractivity contribution >= 4 is 11.9 Å². The molecule has 21 heavy (non-hydrogen) atoms. The highest BCUT2D eigenvalue weighted by Gasteiger charge is 2.45. The number of carbonyl (C=O) groups excluding carboxylic acids is 2. The van der Waals surface area contributed by atoms with Gasteiger partial charge in [-0.2, -0.15) is 0 Å². The van der Waals surface area contributed by atoms with E-state index in [1.807, 2.05) is 7.05 Å². The number of ether oxygens (including phenoxy) is 1. The lowest BCUT2D eigenvalue weighted by Gasteiger charge is -2.47. The Bertz CT molecular complexity index is 382. The van der Waals surface area contributed by atoms with Crippen molar-refractivity contribution in [2.45, 2.75) is 52.5 Å². The fraction of sp³-hybridized carbons (Fsp3) is 0.875. The van der Waals surface area contributed by atoms with Crippen molar-refractivity contribution in [2.75, 3.05) is 20.7 Å². The van der Waals surface area contributed by atoms with Crippen LogP contribution in [0.4, 0.5) is 0 Å². The molecule has 0 aromatic rings. The molecule has 3 unspecified atom stereocenters. The summed E-state index contributed by atoms with van der Waals surface area (Å²) in [5.74, 6) is 0.274. The number of methoxy groups -OCH3 is 1. The van der Waals surface area contributed by atoms with Crippen LogP contribution in [0.25, 0.3) is 0 Å². The van der Waals surface area contributed by atoms with Crippen LogP contribution < -0.4 is 5.73 Å². The highest BCUT2D eigenvalue weighted by atomic mass is 16.5. The quantitative estimate of drug-likeness (QED) is 0.786. The van der Waals surface area contributed by atoms with Gasteiger partial charge in [0.2, 0.25) is 5.91 Å². The number of hydrogen-bond acceptors (Lipinski definition) is 4. The van der Waals surface area contributed by atoms with E-state index in [-0.39, 0.29) is 29.3 Å². The summed E-state index contributed by atoms with van der Waals surface area (Å²) in [7, 11) is 3.20. The standard InChI is InChI=1S/C16H30N2O3/c1-11-13(17)9-8-12(16(11,2)3)15(20)18(4)10-6-7-14(19)21-5/h11-13H,6-10,17H2,1-5H3. The summed E-state index contributed by atoms with van der Waals surface area (Å²) >= 11 is 0. The van der Waals surface area contributed by atoms with E-state index in [2.05, 4.69) is 25.5 Å². The van der Waals surface area contributed by atoms with Crippen LogP contribution in [-0.4, -0.2) is 43.5 Å². The van der Waals surface area contributed by atoms with E-state index >= 15 is 0 Å². The Hall–Kier alpha value is -1.10. The Labute approximate surface area is 128 Å². The van der Waals surface area contributed by atoms with Crippen LogP contribution in [0.3, 0.4) is 0 Å². The highest BCUT2D eigenvalue weighted by Crippen LogP contribution is 2.45. The van der Waals surface area contributed by atoms with Crippen molar-refractivity contribution in [2.24, 2.45) is 23.0 Å². The van der Waals surface area contributed by atoms with Crippen LogP contribution >= 0.6 is 0 Å². The molecule has 0 aliphatic heterocycles. The zero-order valence-corrected chi connectivity index (χ0v) is 14.0. The average Bonchev–Trinajstić information content (AvgIpc) is 2.44. The van der Waals surface area contributed by atoms with E-state index in [9.17, 15) is 9.59 Å². The largest absolute Gasteiger partial charge is 0.469 e. The first-order valence-corrected chi connectivity index (χ1v) is 7.79. The monoisotopic (exact) mass is 298 g/mol. The molecule has 0 aromatic carbocycles. The summed E-state index contributed by atoms with van der Waals surface area (Å²) in [4.78, 5) is 25.5. The van der Waals surface area contributed by atoms with Gasteiger partial charge in [-0.05, 0) is 30.6 Å². The summed E-state index contributed by atoms with van der Waals surface area (Å²) in [6.07, 6.45) is 2.73. The molecule has 122 valence electrons. The van der Waals surface area contributed by atoms with Crippen molar-refractivity contribution in [3.8, 4) is 0 Å². The van der Waals surface area contributed by atoms with Crippen molar-refractivity contribution < 1.29 is 14.3 Å². The molecule has 0 aromatic heterocycles. The van der Waals surface area contributed by atoms with Gasteiger partial charge in [-0.1, -0.05) is 20.8 Å². The van der Waals surface area contributed by atoms with E-state index in [0.29, 0.717) is 25.3 Å². The minimum atomic E-state index is -0.228. The summed E-state index contributed by atoms with van der Waals surface area (Å²) in [5, 5.41) is 0. The van der Waals surface area contributed by atoms with E-state index in [0.717, 1.165) is 12.8 Å². The SMILES string of the molecule is COC(=O)CCCN(C)C(=O)C1CCC(N)C(C)C1(C)C. The van der Waals surface area contributed by atoms with Gasteiger partial charge in [0, 0.05) is 32.0 Å². The van der Waals surface area contributed by atoms with Gasteiger partial charge < -0.3 is 15.4 Å². The van der Waals surface area contributed by atoms with Crippen LogP contribution in [0.15, 0.2) is 0 Å². The first-order chi connectivity index (χ1) is 9.71.